The molecule has 0 bridgehead atoms. The Morgan fingerprint density at radius 3 is 2.41 bits per heavy atom. The summed E-state index contributed by atoms with van der Waals surface area (Å²) >= 11 is 0. The first kappa shape index (κ1) is 15.8. The fourth-order valence-electron chi connectivity index (χ4n) is 1.66. The third-order valence-electron chi connectivity index (χ3n) is 2.66. The first-order valence-corrected chi connectivity index (χ1v) is 7.20. The summed E-state index contributed by atoms with van der Waals surface area (Å²) in [6.45, 7) is 0. The zero-order valence-electron chi connectivity index (χ0n) is 10.7. The van der Waals surface area contributed by atoms with Crippen LogP contribution in [-0.4, -0.2) is 19.5 Å². The van der Waals surface area contributed by atoms with Crippen LogP contribution < -0.4 is 4.72 Å². The molecule has 116 valence electrons. The first-order chi connectivity index (χ1) is 10.2. The Balaban J connectivity index is 2.48. The summed E-state index contributed by atoms with van der Waals surface area (Å²) in [6.07, 6.45) is 0. The topological polar surface area (TPSA) is 83.5 Å². The smallest absolute Gasteiger partial charge is 0.338 e. The van der Waals surface area contributed by atoms with Gasteiger partial charge in [-0.05, 0) is 30.3 Å². The Kier molecular flexibility index (Phi) is 4.09. The van der Waals surface area contributed by atoms with E-state index >= 15 is 0 Å². The van der Waals surface area contributed by atoms with Crippen molar-refractivity contribution < 1.29 is 31.5 Å². The summed E-state index contributed by atoms with van der Waals surface area (Å²) in [6, 6.07) is 4.74. The highest BCUT2D eigenvalue weighted by Crippen LogP contribution is 2.23. The molecule has 0 atom stereocenters. The van der Waals surface area contributed by atoms with Gasteiger partial charge in [-0.2, -0.15) is 0 Å². The molecule has 9 heteroatoms. The molecule has 0 aliphatic rings. The van der Waals surface area contributed by atoms with Crippen molar-refractivity contribution >= 4 is 21.7 Å². The third-order valence-corrected chi connectivity index (χ3v) is 4.04. The zero-order valence-corrected chi connectivity index (χ0v) is 11.5. The predicted molar refractivity (Wildman–Crippen MR) is 70.5 cm³/mol. The standard InChI is InChI=1S/C13H8F3NO4S/c14-7-4-5-9(15)11(6-7)22(20,21)17-10-3-1-2-8(12(10)16)13(18)19/h1-6,17H,(H,18,19). The molecule has 0 heterocycles. The van der Waals surface area contributed by atoms with E-state index in [2.05, 4.69) is 0 Å². The lowest BCUT2D eigenvalue weighted by Gasteiger charge is -2.10. The van der Waals surface area contributed by atoms with Crippen molar-refractivity contribution in [1.29, 1.82) is 0 Å². The van der Waals surface area contributed by atoms with Crippen LogP contribution in [0.3, 0.4) is 0 Å². The molecule has 2 rings (SSSR count). The minimum absolute atomic E-state index is 0.427. The molecule has 0 saturated carbocycles. The second-order valence-electron chi connectivity index (χ2n) is 4.15. The van der Waals surface area contributed by atoms with Gasteiger partial charge < -0.3 is 5.11 Å². The van der Waals surface area contributed by atoms with Gasteiger partial charge in [-0.15, -0.1) is 0 Å². The summed E-state index contributed by atoms with van der Waals surface area (Å²) < 4.78 is 66.1. The molecule has 0 spiro atoms. The van der Waals surface area contributed by atoms with Gasteiger partial charge in [0.25, 0.3) is 10.0 Å². The van der Waals surface area contributed by atoms with E-state index in [1.165, 1.54) is 0 Å². The Morgan fingerprint density at radius 1 is 1.09 bits per heavy atom. The molecule has 0 radical (unpaired) electrons. The van der Waals surface area contributed by atoms with Crippen LogP contribution in [-0.2, 0) is 10.0 Å². The Labute approximate surface area is 123 Å². The van der Waals surface area contributed by atoms with E-state index in [1.807, 2.05) is 0 Å². The molecule has 2 aromatic rings. The number of sulfonamides is 1. The fourth-order valence-corrected chi connectivity index (χ4v) is 2.81. The number of carbonyl (C=O) groups is 1. The Hall–Kier alpha value is -2.55. The summed E-state index contributed by atoms with van der Waals surface area (Å²) in [4.78, 5) is 9.76. The van der Waals surface area contributed by atoms with Crippen LogP contribution >= 0.6 is 0 Å². The van der Waals surface area contributed by atoms with Crippen LogP contribution in [0.15, 0.2) is 41.3 Å². The number of hydrogen-bond acceptors (Lipinski definition) is 3. The van der Waals surface area contributed by atoms with Gasteiger partial charge in [0.15, 0.2) is 5.82 Å². The van der Waals surface area contributed by atoms with Crippen molar-refractivity contribution in [2.75, 3.05) is 4.72 Å². The van der Waals surface area contributed by atoms with E-state index in [4.69, 9.17) is 5.11 Å². The van der Waals surface area contributed by atoms with Crippen molar-refractivity contribution in [1.82, 2.24) is 0 Å². The minimum Gasteiger partial charge on any atom is -0.478 e. The molecule has 22 heavy (non-hydrogen) atoms. The van der Waals surface area contributed by atoms with Crippen molar-refractivity contribution in [2.45, 2.75) is 4.90 Å². The molecule has 0 fully saturated rings. The Morgan fingerprint density at radius 2 is 1.77 bits per heavy atom. The molecule has 0 saturated heterocycles. The monoisotopic (exact) mass is 331 g/mol. The highest BCUT2D eigenvalue weighted by Gasteiger charge is 2.23. The van der Waals surface area contributed by atoms with Crippen LogP contribution in [0.1, 0.15) is 10.4 Å². The van der Waals surface area contributed by atoms with Crippen LogP contribution in [0.5, 0.6) is 0 Å². The number of anilines is 1. The number of rotatable bonds is 4. The summed E-state index contributed by atoms with van der Waals surface area (Å²) in [5.74, 6) is -5.17. The van der Waals surface area contributed by atoms with E-state index in [9.17, 15) is 26.4 Å². The normalized spacial score (nSPS) is 11.2. The number of hydrogen-bond donors (Lipinski definition) is 2. The van der Waals surface area contributed by atoms with E-state index < -0.39 is 49.6 Å². The van der Waals surface area contributed by atoms with Crippen molar-refractivity contribution in [3.63, 3.8) is 0 Å². The van der Waals surface area contributed by atoms with Gasteiger partial charge in [-0.3, -0.25) is 4.72 Å². The predicted octanol–water partition coefficient (Wildman–Crippen LogP) is 2.60. The van der Waals surface area contributed by atoms with Gasteiger partial charge in [-0.25, -0.2) is 26.4 Å². The van der Waals surface area contributed by atoms with Crippen LogP contribution in [0.4, 0.5) is 18.9 Å². The maximum atomic E-state index is 13.9. The first-order valence-electron chi connectivity index (χ1n) is 5.72. The van der Waals surface area contributed by atoms with E-state index in [0.29, 0.717) is 12.1 Å². The molecular formula is C13H8F3NO4S. The quantitative estimate of drug-likeness (QED) is 0.902. The van der Waals surface area contributed by atoms with Gasteiger partial charge in [0.1, 0.15) is 16.5 Å². The maximum Gasteiger partial charge on any atom is 0.338 e. The zero-order chi connectivity index (χ0) is 16.5. The van der Waals surface area contributed by atoms with E-state index in [0.717, 1.165) is 24.3 Å². The summed E-state index contributed by atoms with van der Waals surface area (Å²) in [7, 11) is -4.63. The highest BCUT2D eigenvalue weighted by atomic mass is 32.2. The average molecular weight is 331 g/mol. The van der Waals surface area contributed by atoms with E-state index in [1.54, 1.807) is 4.72 Å². The molecule has 0 aliphatic carbocycles. The maximum absolute atomic E-state index is 13.9. The molecule has 2 N–H and O–H groups in total. The van der Waals surface area contributed by atoms with Gasteiger partial charge in [0, 0.05) is 0 Å². The second kappa shape index (κ2) is 5.68. The number of aromatic carboxylic acids is 1. The van der Waals surface area contributed by atoms with Gasteiger partial charge in [-0.1, -0.05) is 6.07 Å². The lowest BCUT2D eigenvalue weighted by atomic mass is 10.2. The van der Waals surface area contributed by atoms with E-state index in [-0.39, 0.29) is 0 Å². The molecule has 0 amide bonds. The average Bonchev–Trinajstić information content (AvgIpc) is 2.43. The SMILES string of the molecule is O=C(O)c1cccc(NS(=O)(=O)c2cc(F)ccc2F)c1F. The van der Waals surface area contributed by atoms with Crippen molar-refractivity contribution in [3.05, 3.63) is 59.4 Å². The molecular weight excluding hydrogens is 323 g/mol. The molecule has 0 unspecified atom stereocenters. The number of nitrogens with one attached hydrogen (secondary N) is 1. The van der Waals surface area contributed by atoms with Crippen LogP contribution in [0, 0.1) is 17.5 Å². The molecule has 5 nitrogen and oxygen atoms in total. The van der Waals surface area contributed by atoms with Crippen molar-refractivity contribution in [2.24, 2.45) is 0 Å². The molecule has 0 aromatic heterocycles. The lowest BCUT2D eigenvalue weighted by molar-refractivity contribution is 0.0692. The number of halogens is 3. The Bertz CT molecular complexity index is 852. The highest BCUT2D eigenvalue weighted by molar-refractivity contribution is 7.92. The molecule has 0 aliphatic heterocycles. The summed E-state index contributed by atoms with van der Waals surface area (Å²) in [5.41, 5.74) is -1.46. The number of carboxylic acids is 1. The number of carboxylic acid groups (broad SMARTS) is 1. The van der Waals surface area contributed by atoms with Crippen molar-refractivity contribution in [3.8, 4) is 0 Å². The van der Waals surface area contributed by atoms with Gasteiger partial charge in [0.05, 0.1) is 11.3 Å². The largest absolute Gasteiger partial charge is 0.478 e. The number of benzene rings is 2. The fraction of sp³-hybridized carbons (Fsp3) is 0. The lowest BCUT2D eigenvalue weighted by Crippen LogP contribution is -2.16. The van der Waals surface area contributed by atoms with Gasteiger partial charge >= 0.3 is 5.97 Å². The third kappa shape index (κ3) is 3.03. The van der Waals surface area contributed by atoms with Crippen LogP contribution in [0.25, 0.3) is 0 Å². The molecule has 2 aromatic carbocycles. The van der Waals surface area contributed by atoms with Gasteiger partial charge in [0.2, 0.25) is 0 Å². The summed E-state index contributed by atoms with van der Waals surface area (Å²) in [5, 5.41) is 8.76. The second-order valence-corrected chi connectivity index (χ2v) is 5.80. The van der Waals surface area contributed by atoms with Crippen LogP contribution in [0.2, 0.25) is 0 Å². The minimum atomic E-state index is -4.63.